The van der Waals surface area contributed by atoms with Crippen LogP contribution in [0, 0.1) is 11.6 Å². The summed E-state index contributed by atoms with van der Waals surface area (Å²) in [5.41, 5.74) is 6.84. The maximum atomic E-state index is 13.7. The molecule has 2 aromatic carbocycles. The lowest BCUT2D eigenvalue weighted by molar-refractivity contribution is -0.122. The summed E-state index contributed by atoms with van der Waals surface area (Å²) in [5.74, 6) is -0.601. The first-order chi connectivity index (χ1) is 33.1. The number of halogens is 2. The molecule has 5 aliphatic rings. The van der Waals surface area contributed by atoms with E-state index >= 15 is 0 Å². The minimum absolute atomic E-state index is 0.208. The van der Waals surface area contributed by atoms with Gasteiger partial charge in [0.15, 0.2) is 22.7 Å². The Morgan fingerprint density at radius 1 is 0.603 bits per heavy atom. The van der Waals surface area contributed by atoms with Crippen LogP contribution in [-0.4, -0.2) is 123 Å². The van der Waals surface area contributed by atoms with Crippen molar-refractivity contribution in [1.82, 2.24) is 34.4 Å². The third kappa shape index (κ3) is 8.93. The zero-order valence-electron chi connectivity index (χ0n) is 38.6. The summed E-state index contributed by atoms with van der Waals surface area (Å²) in [5, 5.41) is 21.8. The van der Waals surface area contributed by atoms with Crippen molar-refractivity contribution in [3.63, 3.8) is 0 Å². The Labute approximate surface area is 393 Å². The lowest BCUT2D eigenvalue weighted by Crippen LogP contribution is -2.48. The van der Waals surface area contributed by atoms with Crippen molar-refractivity contribution >= 4 is 51.2 Å². The average molecular weight is 930 g/mol. The summed E-state index contributed by atoms with van der Waals surface area (Å²) in [6, 6.07) is 16.4. The summed E-state index contributed by atoms with van der Waals surface area (Å²) < 4.78 is 40.7. The number of hydrogen-bond acceptors (Lipinski definition) is 13. The number of carbonyl (C=O) groups excluding carboxylic acids is 3. The average Bonchev–Trinajstić information content (AvgIpc) is 3.89. The minimum atomic E-state index is -0.516. The van der Waals surface area contributed by atoms with Crippen LogP contribution >= 0.6 is 0 Å². The highest BCUT2D eigenvalue weighted by Gasteiger charge is 2.35. The number of ether oxygens (including phenoxy) is 2. The molecule has 0 radical (unpaired) electrons. The molecule has 0 amide bonds. The van der Waals surface area contributed by atoms with Crippen molar-refractivity contribution in [2.45, 2.75) is 101 Å². The van der Waals surface area contributed by atoms with Crippen LogP contribution in [0.3, 0.4) is 0 Å². The van der Waals surface area contributed by atoms with E-state index in [4.69, 9.17) is 24.7 Å². The summed E-state index contributed by atoms with van der Waals surface area (Å²) in [6.45, 7) is 4.78. The Hall–Kier alpha value is -6.33. The molecule has 7 heterocycles. The summed E-state index contributed by atoms with van der Waals surface area (Å²) >= 11 is 0. The fraction of sp³-hybridized carbons (Fsp3) is 0.471. The van der Waals surface area contributed by atoms with Crippen LogP contribution in [-0.2, 0) is 14.3 Å². The number of pyridine rings is 2. The third-order valence-corrected chi connectivity index (χ3v) is 14.7. The van der Waals surface area contributed by atoms with Crippen LogP contribution in [0.2, 0.25) is 0 Å². The van der Waals surface area contributed by atoms with Gasteiger partial charge in [0.1, 0.15) is 17.4 Å². The number of hydrogen-bond donors (Lipinski definition) is 1. The van der Waals surface area contributed by atoms with Crippen LogP contribution in [0.25, 0.3) is 33.4 Å². The molecular weight excluding hydrogens is 873 g/mol. The molecule has 2 aliphatic carbocycles. The fourth-order valence-electron chi connectivity index (χ4n) is 10.3. The maximum Gasteiger partial charge on any atom is 0.356 e. The number of likely N-dealkylation sites (tertiary alicyclic amines) is 1. The van der Waals surface area contributed by atoms with Gasteiger partial charge in [-0.15, -0.1) is 0 Å². The fourth-order valence-corrected chi connectivity index (χ4v) is 10.3. The van der Waals surface area contributed by atoms with Gasteiger partial charge in [0.2, 0.25) is 0 Å². The standard InChI is InChI=1S/C28H32FN5O3.C23H25FN4O3/c1-37-28(36)23-17-24(33-13-9-20(10-14-33)32-15-11-22(35)12-16-32)25-26(18-3-2-4-18)31-34(27(25)30-23)21-7-5-19(29)6-8-21;1-31-23(30)18-13-19(27-11-9-17(29)10-12-27)20-21(14-3-2-4-14)26-28(22(20)25-18)16-7-5-15(24)6-8-16/h5-8,17-18,20H,2-4,9-16H2,1H3;5-8,13-14,17,29H,2-4,9-12H2,1H3. The van der Waals surface area contributed by atoms with E-state index < -0.39 is 11.9 Å². The van der Waals surface area contributed by atoms with Crippen molar-refractivity contribution in [3.8, 4) is 11.4 Å². The predicted octanol–water partition coefficient (Wildman–Crippen LogP) is 7.82. The Bertz CT molecular complexity index is 2820. The van der Waals surface area contributed by atoms with Gasteiger partial charge in [0.05, 0.1) is 65.2 Å². The molecule has 15 nitrogen and oxygen atoms in total. The Morgan fingerprint density at radius 3 is 1.40 bits per heavy atom. The molecule has 4 aromatic heterocycles. The van der Waals surface area contributed by atoms with Gasteiger partial charge in [-0.2, -0.15) is 10.2 Å². The number of benzene rings is 2. The van der Waals surface area contributed by atoms with Crippen molar-refractivity contribution < 1.29 is 37.7 Å². The van der Waals surface area contributed by atoms with Gasteiger partial charge in [-0.25, -0.2) is 37.7 Å². The molecule has 0 bridgehead atoms. The Kier molecular flexibility index (Phi) is 12.9. The van der Waals surface area contributed by atoms with Gasteiger partial charge in [0, 0.05) is 70.0 Å². The van der Waals surface area contributed by atoms with Gasteiger partial charge in [-0.05, 0) is 112 Å². The van der Waals surface area contributed by atoms with Gasteiger partial charge in [-0.3, -0.25) is 9.69 Å². The number of methoxy groups -OCH3 is 2. The molecule has 1 N–H and O–H groups in total. The number of ketones is 1. The number of anilines is 2. The molecule has 0 unspecified atom stereocenters. The number of carbonyl (C=O) groups is 3. The van der Waals surface area contributed by atoms with Crippen LogP contribution in [0.4, 0.5) is 20.2 Å². The molecule has 5 fully saturated rings. The number of rotatable bonds is 9. The molecule has 0 spiro atoms. The first kappa shape index (κ1) is 45.5. The second kappa shape index (κ2) is 19.3. The Balaban J connectivity index is 0.000000161. The quantitative estimate of drug-likeness (QED) is 0.140. The second-order valence-electron chi connectivity index (χ2n) is 18.7. The smallest absolute Gasteiger partial charge is 0.356 e. The number of fused-ring (bicyclic) bond motifs is 2. The van der Waals surface area contributed by atoms with E-state index in [0.717, 1.165) is 105 Å². The first-order valence-electron chi connectivity index (χ1n) is 24.1. The molecule has 11 rings (SSSR count). The van der Waals surface area contributed by atoms with E-state index in [9.17, 15) is 28.3 Å². The van der Waals surface area contributed by atoms with E-state index in [2.05, 4.69) is 19.7 Å². The van der Waals surface area contributed by atoms with Gasteiger partial charge < -0.3 is 24.4 Å². The highest BCUT2D eigenvalue weighted by atomic mass is 19.1. The van der Waals surface area contributed by atoms with Crippen molar-refractivity contribution in [2.24, 2.45) is 0 Å². The number of aliphatic hydroxyl groups excluding tert-OH is 1. The van der Waals surface area contributed by atoms with Gasteiger partial charge in [0.25, 0.3) is 0 Å². The third-order valence-electron chi connectivity index (χ3n) is 14.7. The Morgan fingerprint density at radius 2 is 1.01 bits per heavy atom. The summed E-state index contributed by atoms with van der Waals surface area (Å²) in [7, 11) is 2.70. The van der Waals surface area contributed by atoms with E-state index in [-0.39, 0.29) is 29.1 Å². The lowest BCUT2D eigenvalue weighted by Gasteiger charge is -2.41. The number of aromatic nitrogens is 6. The van der Waals surface area contributed by atoms with E-state index in [0.29, 0.717) is 85.1 Å². The normalized spacial score (nSPS) is 18.9. The number of aliphatic hydroxyl groups is 1. The monoisotopic (exact) mass is 929 g/mol. The second-order valence-corrected chi connectivity index (χ2v) is 18.7. The molecule has 6 aromatic rings. The highest BCUT2D eigenvalue weighted by molar-refractivity contribution is 6.00. The molecule has 0 atom stereocenters. The van der Waals surface area contributed by atoms with Crippen molar-refractivity contribution in [2.75, 3.05) is 63.3 Å². The van der Waals surface area contributed by atoms with E-state index in [1.54, 1.807) is 39.7 Å². The number of piperidine rings is 3. The lowest BCUT2D eigenvalue weighted by atomic mass is 9.82. The molecule has 2 saturated carbocycles. The SMILES string of the molecule is COC(=O)c1cc(N2CCC(N3CCC(=O)CC3)CC2)c2c(C3CCC3)nn(-c3ccc(F)cc3)c2n1.COC(=O)c1cc(N2CCC(O)CC2)c2c(C3CCC3)nn(-c3ccc(F)cc3)c2n1. The van der Waals surface area contributed by atoms with Gasteiger partial charge in [-0.1, -0.05) is 12.8 Å². The zero-order valence-corrected chi connectivity index (χ0v) is 38.6. The van der Waals surface area contributed by atoms with Crippen LogP contribution < -0.4 is 9.80 Å². The minimum Gasteiger partial charge on any atom is -0.464 e. The molecule has 17 heteroatoms. The van der Waals surface area contributed by atoms with Crippen LogP contribution in [0.5, 0.6) is 0 Å². The number of nitrogens with zero attached hydrogens (tertiary/aromatic N) is 9. The summed E-state index contributed by atoms with van der Waals surface area (Å²) in [4.78, 5) is 53.1. The topological polar surface area (TPSA) is 161 Å². The van der Waals surface area contributed by atoms with Crippen LogP contribution in [0.1, 0.15) is 121 Å². The van der Waals surface area contributed by atoms with Crippen molar-refractivity contribution in [1.29, 1.82) is 0 Å². The zero-order chi connectivity index (χ0) is 47.1. The number of esters is 2. The molecule has 68 heavy (non-hydrogen) atoms. The first-order valence-corrected chi connectivity index (χ1v) is 24.1. The maximum absolute atomic E-state index is 13.7. The molecule has 356 valence electrons. The molecular formula is C51H57F2N9O6. The van der Waals surface area contributed by atoms with E-state index in [1.165, 1.54) is 44.9 Å². The van der Waals surface area contributed by atoms with Crippen molar-refractivity contribution in [3.05, 3.63) is 95.1 Å². The van der Waals surface area contributed by atoms with Gasteiger partial charge >= 0.3 is 11.9 Å². The largest absolute Gasteiger partial charge is 0.464 e. The summed E-state index contributed by atoms with van der Waals surface area (Å²) in [6.07, 6.45) is 10.9. The molecule has 3 aliphatic heterocycles. The predicted molar refractivity (Wildman–Crippen MR) is 252 cm³/mol. The highest BCUT2D eigenvalue weighted by Crippen LogP contribution is 2.45. The number of Topliss-reactive ketones (excluding diaryl/α,β-unsaturated/α-hetero) is 1. The molecule has 3 saturated heterocycles. The van der Waals surface area contributed by atoms with Crippen LogP contribution in [0.15, 0.2) is 60.7 Å². The van der Waals surface area contributed by atoms with E-state index in [1.807, 2.05) is 6.07 Å².